The van der Waals surface area contributed by atoms with Crippen molar-refractivity contribution >= 4 is 0 Å². The molecule has 1 unspecified atom stereocenters. The topological polar surface area (TPSA) is 29.3 Å². The van der Waals surface area contributed by atoms with Crippen LogP contribution in [0.2, 0.25) is 0 Å². The zero-order chi connectivity index (χ0) is 10.4. The van der Waals surface area contributed by atoms with E-state index < -0.39 is 0 Å². The molecule has 0 saturated carbocycles. The van der Waals surface area contributed by atoms with Crippen molar-refractivity contribution in [3.8, 4) is 0 Å². The van der Waals surface area contributed by atoms with E-state index in [4.69, 9.17) is 5.73 Å². The van der Waals surface area contributed by atoms with Gasteiger partial charge in [0, 0.05) is 6.54 Å². The van der Waals surface area contributed by atoms with Crippen LogP contribution in [0.1, 0.15) is 39.5 Å². The van der Waals surface area contributed by atoms with Gasteiger partial charge >= 0.3 is 0 Å². The zero-order valence-corrected chi connectivity index (χ0v) is 9.84. The number of nitrogens with zero attached hydrogens (tertiary/aromatic N) is 1. The van der Waals surface area contributed by atoms with E-state index in [1.807, 2.05) is 0 Å². The van der Waals surface area contributed by atoms with Gasteiger partial charge in [-0.3, -0.25) is 0 Å². The molecule has 1 fully saturated rings. The summed E-state index contributed by atoms with van der Waals surface area (Å²) >= 11 is 0. The van der Waals surface area contributed by atoms with Crippen molar-refractivity contribution < 1.29 is 0 Å². The Kier molecular flexibility index (Phi) is 5.49. The van der Waals surface area contributed by atoms with Gasteiger partial charge in [-0.1, -0.05) is 13.8 Å². The van der Waals surface area contributed by atoms with E-state index >= 15 is 0 Å². The minimum atomic E-state index is 0.859. The van der Waals surface area contributed by atoms with Crippen LogP contribution in [0.3, 0.4) is 0 Å². The largest absolute Gasteiger partial charge is 0.330 e. The van der Waals surface area contributed by atoms with Crippen LogP contribution < -0.4 is 5.73 Å². The highest BCUT2D eigenvalue weighted by atomic mass is 15.1. The number of hydrogen-bond acceptors (Lipinski definition) is 2. The molecule has 0 amide bonds. The van der Waals surface area contributed by atoms with Gasteiger partial charge in [0.05, 0.1) is 0 Å². The summed E-state index contributed by atoms with van der Waals surface area (Å²) in [6.45, 7) is 9.39. The van der Waals surface area contributed by atoms with E-state index in [2.05, 4.69) is 18.7 Å². The number of hydrogen-bond donors (Lipinski definition) is 1. The highest BCUT2D eigenvalue weighted by Crippen LogP contribution is 2.19. The first-order chi connectivity index (χ1) is 6.72. The van der Waals surface area contributed by atoms with E-state index in [-0.39, 0.29) is 0 Å². The van der Waals surface area contributed by atoms with Crippen molar-refractivity contribution in [2.45, 2.75) is 39.5 Å². The van der Waals surface area contributed by atoms with Crippen LogP contribution in [-0.4, -0.2) is 31.1 Å². The summed E-state index contributed by atoms with van der Waals surface area (Å²) in [7, 11) is 0. The van der Waals surface area contributed by atoms with Crippen LogP contribution in [0, 0.1) is 11.8 Å². The fourth-order valence-electron chi connectivity index (χ4n) is 2.31. The Bertz CT molecular complexity index is 145. The average molecular weight is 198 g/mol. The second-order valence-corrected chi connectivity index (χ2v) is 5.07. The maximum Gasteiger partial charge on any atom is 0.00106 e. The van der Waals surface area contributed by atoms with Crippen LogP contribution in [0.5, 0.6) is 0 Å². The standard InChI is InChI=1S/C12H26N2/c1-11(2)4-3-8-14-9-6-12(10-14)5-7-13/h11-12H,3-10,13H2,1-2H3. The molecule has 1 saturated heterocycles. The van der Waals surface area contributed by atoms with Crippen molar-refractivity contribution in [3.63, 3.8) is 0 Å². The molecule has 84 valence electrons. The predicted molar refractivity (Wildman–Crippen MR) is 62.3 cm³/mol. The Morgan fingerprint density at radius 1 is 1.43 bits per heavy atom. The molecule has 2 nitrogen and oxygen atoms in total. The first-order valence-corrected chi connectivity index (χ1v) is 6.14. The Balaban J connectivity index is 2.04. The van der Waals surface area contributed by atoms with Crippen LogP contribution in [-0.2, 0) is 0 Å². The average Bonchev–Trinajstić information content (AvgIpc) is 2.53. The van der Waals surface area contributed by atoms with E-state index in [1.165, 1.54) is 45.3 Å². The molecular weight excluding hydrogens is 172 g/mol. The van der Waals surface area contributed by atoms with Crippen molar-refractivity contribution in [2.24, 2.45) is 17.6 Å². The smallest absolute Gasteiger partial charge is 0.00106 e. The summed E-state index contributed by atoms with van der Waals surface area (Å²) in [4.78, 5) is 2.61. The molecule has 0 radical (unpaired) electrons. The van der Waals surface area contributed by atoms with Crippen molar-refractivity contribution in [1.29, 1.82) is 0 Å². The van der Waals surface area contributed by atoms with Gasteiger partial charge in [0.15, 0.2) is 0 Å². The van der Waals surface area contributed by atoms with E-state index in [0.29, 0.717) is 0 Å². The maximum atomic E-state index is 5.58. The monoisotopic (exact) mass is 198 g/mol. The lowest BCUT2D eigenvalue weighted by Gasteiger charge is -2.16. The molecule has 1 aliphatic rings. The highest BCUT2D eigenvalue weighted by molar-refractivity contribution is 4.75. The lowest BCUT2D eigenvalue weighted by atomic mass is 10.1. The molecule has 0 aromatic carbocycles. The molecular formula is C12H26N2. The van der Waals surface area contributed by atoms with E-state index in [0.717, 1.165) is 18.4 Å². The van der Waals surface area contributed by atoms with Crippen molar-refractivity contribution in [1.82, 2.24) is 4.90 Å². The molecule has 1 rings (SSSR count). The molecule has 2 heteroatoms. The highest BCUT2D eigenvalue weighted by Gasteiger charge is 2.20. The Labute approximate surface area is 88.8 Å². The molecule has 0 aromatic heterocycles. The Hall–Kier alpha value is -0.0800. The van der Waals surface area contributed by atoms with Crippen LogP contribution in [0.25, 0.3) is 0 Å². The summed E-state index contributed by atoms with van der Waals surface area (Å²) in [5.41, 5.74) is 5.58. The summed E-state index contributed by atoms with van der Waals surface area (Å²) in [6.07, 6.45) is 5.34. The molecule has 0 aromatic rings. The summed E-state index contributed by atoms with van der Waals surface area (Å²) in [5, 5.41) is 0. The van der Waals surface area contributed by atoms with Gasteiger partial charge in [-0.15, -0.1) is 0 Å². The van der Waals surface area contributed by atoms with Gasteiger partial charge in [0.2, 0.25) is 0 Å². The first-order valence-electron chi connectivity index (χ1n) is 6.14. The molecule has 0 spiro atoms. The predicted octanol–water partition coefficient (Wildman–Crippen LogP) is 2.09. The summed E-state index contributed by atoms with van der Waals surface area (Å²) in [5.74, 6) is 1.75. The second-order valence-electron chi connectivity index (χ2n) is 5.07. The van der Waals surface area contributed by atoms with Crippen LogP contribution >= 0.6 is 0 Å². The van der Waals surface area contributed by atoms with E-state index in [1.54, 1.807) is 0 Å². The van der Waals surface area contributed by atoms with Crippen LogP contribution in [0.4, 0.5) is 0 Å². The van der Waals surface area contributed by atoms with Gasteiger partial charge in [0.1, 0.15) is 0 Å². The molecule has 14 heavy (non-hydrogen) atoms. The minimum absolute atomic E-state index is 0.859. The fraction of sp³-hybridized carbons (Fsp3) is 1.00. The van der Waals surface area contributed by atoms with Gasteiger partial charge in [-0.05, 0) is 57.2 Å². The lowest BCUT2D eigenvalue weighted by Crippen LogP contribution is -2.22. The normalized spacial score (nSPS) is 23.6. The lowest BCUT2D eigenvalue weighted by molar-refractivity contribution is 0.306. The third kappa shape index (κ3) is 4.43. The quantitative estimate of drug-likeness (QED) is 0.708. The fourth-order valence-corrected chi connectivity index (χ4v) is 2.31. The maximum absolute atomic E-state index is 5.58. The van der Waals surface area contributed by atoms with Crippen LogP contribution in [0.15, 0.2) is 0 Å². The molecule has 2 N–H and O–H groups in total. The first kappa shape index (κ1) is 12.0. The molecule has 1 atom stereocenters. The summed E-state index contributed by atoms with van der Waals surface area (Å²) < 4.78 is 0. The number of rotatable bonds is 6. The number of likely N-dealkylation sites (tertiary alicyclic amines) is 1. The minimum Gasteiger partial charge on any atom is -0.330 e. The molecule has 1 heterocycles. The molecule has 0 bridgehead atoms. The Morgan fingerprint density at radius 3 is 2.86 bits per heavy atom. The van der Waals surface area contributed by atoms with Crippen molar-refractivity contribution in [3.05, 3.63) is 0 Å². The van der Waals surface area contributed by atoms with Gasteiger partial charge < -0.3 is 10.6 Å². The molecule has 0 aliphatic carbocycles. The summed E-state index contributed by atoms with van der Waals surface area (Å²) in [6, 6.07) is 0. The second kappa shape index (κ2) is 6.41. The van der Waals surface area contributed by atoms with E-state index in [9.17, 15) is 0 Å². The van der Waals surface area contributed by atoms with Gasteiger partial charge in [-0.2, -0.15) is 0 Å². The van der Waals surface area contributed by atoms with Gasteiger partial charge in [0.25, 0.3) is 0 Å². The molecule has 1 aliphatic heterocycles. The van der Waals surface area contributed by atoms with Crippen molar-refractivity contribution in [2.75, 3.05) is 26.2 Å². The third-order valence-electron chi connectivity index (χ3n) is 3.20. The number of nitrogens with two attached hydrogens (primary N) is 1. The Morgan fingerprint density at radius 2 is 2.21 bits per heavy atom. The SMILES string of the molecule is CC(C)CCCN1CCC(CCN)C1. The van der Waals surface area contributed by atoms with Gasteiger partial charge in [-0.25, -0.2) is 0 Å². The zero-order valence-electron chi connectivity index (χ0n) is 9.84. The third-order valence-corrected chi connectivity index (χ3v) is 3.20.